The molecule has 6 nitrogen and oxygen atoms in total. The second-order valence-corrected chi connectivity index (χ2v) is 9.57. The predicted octanol–water partition coefficient (Wildman–Crippen LogP) is 3.66. The van der Waals surface area contributed by atoms with Gasteiger partial charge in [-0.1, -0.05) is 24.3 Å². The summed E-state index contributed by atoms with van der Waals surface area (Å²) in [6.45, 7) is 11.0. The highest BCUT2D eigenvalue weighted by Gasteiger charge is 2.54. The molecule has 29 heavy (non-hydrogen) atoms. The smallest absolute Gasteiger partial charge is 0.408 e. The van der Waals surface area contributed by atoms with E-state index in [0.717, 1.165) is 18.4 Å². The van der Waals surface area contributed by atoms with Crippen LogP contribution in [0.4, 0.5) is 4.79 Å². The molecule has 0 aromatic heterocycles. The molecule has 2 aliphatic rings. The molecule has 1 aromatic carbocycles. The summed E-state index contributed by atoms with van der Waals surface area (Å²) in [4.78, 5) is 16.3. The first kappa shape index (κ1) is 23.8. The first-order valence-corrected chi connectivity index (χ1v) is 10.1. The van der Waals surface area contributed by atoms with Gasteiger partial charge < -0.3 is 20.7 Å². The zero-order chi connectivity index (χ0) is 20.5. The highest BCUT2D eigenvalue weighted by Crippen LogP contribution is 2.60. The number of hydrogen-bond acceptors (Lipinski definition) is 3. The van der Waals surface area contributed by atoms with Gasteiger partial charge in [0.2, 0.25) is 0 Å². The van der Waals surface area contributed by atoms with E-state index in [-0.39, 0.29) is 24.0 Å². The van der Waals surface area contributed by atoms with Crippen molar-refractivity contribution in [2.75, 3.05) is 20.1 Å². The van der Waals surface area contributed by atoms with Crippen LogP contribution >= 0.6 is 24.0 Å². The highest BCUT2D eigenvalue weighted by atomic mass is 127. The van der Waals surface area contributed by atoms with Gasteiger partial charge >= 0.3 is 6.09 Å². The Hall–Kier alpha value is -1.51. The van der Waals surface area contributed by atoms with E-state index in [0.29, 0.717) is 18.4 Å². The summed E-state index contributed by atoms with van der Waals surface area (Å²) >= 11 is 0. The number of rotatable bonds is 5. The van der Waals surface area contributed by atoms with E-state index < -0.39 is 17.2 Å². The maximum absolute atomic E-state index is 12.0. The van der Waals surface area contributed by atoms with Crippen LogP contribution in [0, 0.1) is 11.8 Å². The van der Waals surface area contributed by atoms with E-state index in [9.17, 15) is 4.79 Å². The molecule has 2 aliphatic carbocycles. The number of carbonyl (C=O) groups excluding carboxylic acids is 1. The number of aliphatic imine (C=N–C) groups is 1. The molecule has 3 atom stereocenters. The molecule has 1 amide bonds. The molecule has 1 fully saturated rings. The largest absolute Gasteiger partial charge is 0.444 e. The molecule has 3 unspecified atom stereocenters. The fraction of sp³-hybridized carbons (Fsp3) is 0.636. The fourth-order valence-corrected chi connectivity index (χ4v) is 4.13. The molecule has 7 heteroatoms. The summed E-state index contributed by atoms with van der Waals surface area (Å²) < 4.78 is 5.34. The number of fused-ring (bicyclic) bond motifs is 3. The number of hydrogen-bond donors (Lipinski definition) is 3. The van der Waals surface area contributed by atoms with E-state index >= 15 is 0 Å². The molecule has 1 saturated carbocycles. The Bertz CT molecular complexity index is 757. The van der Waals surface area contributed by atoms with Crippen LogP contribution in [-0.2, 0) is 11.2 Å². The molecule has 0 spiro atoms. The summed E-state index contributed by atoms with van der Waals surface area (Å²) in [5, 5.41) is 9.67. The maximum atomic E-state index is 12.0. The molecule has 0 heterocycles. The van der Waals surface area contributed by atoms with Crippen molar-refractivity contribution in [3.63, 3.8) is 0 Å². The van der Waals surface area contributed by atoms with Crippen molar-refractivity contribution in [3.8, 4) is 0 Å². The van der Waals surface area contributed by atoms with E-state index in [4.69, 9.17) is 4.74 Å². The zero-order valence-electron chi connectivity index (χ0n) is 18.3. The van der Waals surface area contributed by atoms with Gasteiger partial charge in [-0.3, -0.25) is 4.99 Å². The Morgan fingerprint density at radius 1 is 1.17 bits per heavy atom. The molecule has 1 aromatic rings. The highest BCUT2D eigenvalue weighted by molar-refractivity contribution is 14.0. The number of guanidine groups is 1. The van der Waals surface area contributed by atoms with Crippen molar-refractivity contribution in [1.29, 1.82) is 0 Å². The van der Waals surface area contributed by atoms with Crippen LogP contribution in [0.2, 0.25) is 0 Å². The van der Waals surface area contributed by atoms with Crippen molar-refractivity contribution in [2.24, 2.45) is 16.8 Å². The van der Waals surface area contributed by atoms with Gasteiger partial charge in [0, 0.05) is 20.1 Å². The molecule has 162 valence electrons. The minimum atomic E-state index is -0.508. The lowest BCUT2D eigenvalue weighted by Crippen LogP contribution is -2.54. The summed E-state index contributed by atoms with van der Waals surface area (Å²) in [5.41, 5.74) is 2.08. The van der Waals surface area contributed by atoms with Crippen LogP contribution in [0.1, 0.15) is 51.7 Å². The number of benzene rings is 1. The quantitative estimate of drug-likeness (QED) is 0.319. The monoisotopic (exact) mass is 514 g/mol. The third-order valence-corrected chi connectivity index (χ3v) is 5.47. The minimum absolute atomic E-state index is 0. The Kier molecular flexibility index (Phi) is 7.46. The molecule has 0 bridgehead atoms. The Morgan fingerprint density at radius 3 is 2.52 bits per heavy atom. The number of amides is 1. The number of carbonyl (C=O) groups is 1. The van der Waals surface area contributed by atoms with E-state index in [2.05, 4.69) is 45.2 Å². The summed E-state index contributed by atoms with van der Waals surface area (Å²) in [5.74, 6) is 2.92. The van der Waals surface area contributed by atoms with Gasteiger partial charge in [-0.05, 0) is 69.9 Å². The average molecular weight is 514 g/mol. The summed E-state index contributed by atoms with van der Waals surface area (Å²) in [6.07, 6.45) is 0.790. The van der Waals surface area contributed by atoms with Gasteiger partial charge in [0.05, 0.1) is 5.54 Å². The standard InChI is InChI=1S/C22H34N4O2.HI/c1-21(2,3)28-20(27)26-22(4,5)13-25-19(23-6)24-12-17-16-11-14-9-7-8-10-15(14)18(16)17;/h7-10,16-18H,11-13H2,1-6H3,(H,26,27)(H2,23,24,25);1H. The molecule has 3 rings (SSSR count). The Morgan fingerprint density at radius 2 is 1.86 bits per heavy atom. The van der Waals surface area contributed by atoms with Gasteiger partial charge in [-0.2, -0.15) is 0 Å². The third kappa shape index (κ3) is 6.23. The van der Waals surface area contributed by atoms with Gasteiger partial charge in [0.1, 0.15) is 5.60 Å². The van der Waals surface area contributed by atoms with Gasteiger partial charge in [-0.25, -0.2) is 4.79 Å². The molecule has 3 N–H and O–H groups in total. The Balaban J connectivity index is 0.00000300. The molecule has 0 radical (unpaired) electrons. The number of nitrogens with one attached hydrogen (secondary N) is 3. The van der Waals surface area contributed by atoms with Crippen LogP contribution in [-0.4, -0.2) is 43.3 Å². The molecule has 0 saturated heterocycles. The van der Waals surface area contributed by atoms with E-state index in [1.54, 1.807) is 7.05 Å². The fourth-order valence-electron chi connectivity index (χ4n) is 4.13. The number of halogens is 1. The minimum Gasteiger partial charge on any atom is -0.444 e. The normalized spacial score (nSPS) is 22.7. The first-order valence-electron chi connectivity index (χ1n) is 10.1. The number of alkyl carbamates (subject to hydrolysis) is 1. The van der Waals surface area contributed by atoms with Crippen LogP contribution in [0.3, 0.4) is 0 Å². The lowest BCUT2D eigenvalue weighted by molar-refractivity contribution is 0.0474. The second kappa shape index (κ2) is 9.10. The lowest BCUT2D eigenvalue weighted by atomic mass is 10.0. The van der Waals surface area contributed by atoms with Crippen molar-refractivity contribution in [1.82, 2.24) is 16.0 Å². The molecular formula is C22H35IN4O2. The van der Waals surface area contributed by atoms with Gasteiger partial charge in [0.25, 0.3) is 0 Å². The van der Waals surface area contributed by atoms with Crippen molar-refractivity contribution in [2.45, 2.75) is 58.1 Å². The number of ether oxygens (including phenoxy) is 1. The van der Waals surface area contributed by atoms with Gasteiger partial charge in [0.15, 0.2) is 5.96 Å². The van der Waals surface area contributed by atoms with Crippen molar-refractivity contribution >= 4 is 36.0 Å². The van der Waals surface area contributed by atoms with Crippen LogP contribution in [0.25, 0.3) is 0 Å². The number of nitrogens with zero attached hydrogens (tertiary/aromatic N) is 1. The topological polar surface area (TPSA) is 74.8 Å². The first-order chi connectivity index (χ1) is 13.1. The van der Waals surface area contributed by atoms with Crippen molar-refractivity contribution < 1.29 is 9.53 Å². The molecule has 0 aliphatic heterocycles. The summed E-state index contributed by atoms with van der Waals surface area (Å²) in [6, 6.07) is 8.81. The van der Waals surface area contributed by atoms with Crippen molar-refractivity contribution in [3.05, 3.63) is 35.4 Å². The van der Waals surface area contributed by atoms with Crippen LogP contribution < -0.4 is 16.0 Å². The van der Waals surface area contributed by atoms with Crippen LogP contribution in [0.15, 0.2) is 29.3 Å². The Labute approximate surface area is 191 Å². The van der Waals surface area contributed by atoms with E-state index in [1.165, 1.54) is 17.5 Å². The lowest BCUT2D eigenvalue weighted by Gasteiger charge is -2.29. The third-order valence-electron chi connectivity index (χ3n) is 5.47. The SMILES string of the molecule is CN=C(NCC1C2Cc3ccccc3C12)NCC(C)(C)NC(=O)OC(C)(C)C.I. The van der Waals surface area contributed by atoms with Gasteiger partial charge in [-0.15, -0.1) is 24.0 Å². The molecular weight excluding hydrogens is 479 g/mol. The maximum Gasteiger partial charge on any atom is 0.408 e. The average Bonchev–Trinajstić information content (AvgIpc) is 3.11. The van der Waals surface area contributed by atoms with E-state index in [1.807, 2.05) is 34.6 Å². The van der Waals surface area contributed by atoms with Crippen LogP contribution in [0.5, 0.6) is 0 Å². The summed E-state index contributed by atoms with van der Waals surface area (Å²) in [7, 11) is 1.77. The second-order valence-electron chi connectivity index (χ2n) is 9.57. The zero-order valence-corrected chi connectivity index (χ0v) is 20.7. The predicted molar refractivity (Wildman–Crippen MR) is 128 cm³/mol.